The van der Waals surface area contributed by atoms with Gasteiger partial charge in [0.15, 0.2) is 0 Å². The highest BCUT2D eigenvalue weighted by atomic mass is 79.9. The second-order valence-electron chi connectivity index (χ2n) is 5.41. The molecular formula is C19H21Br2FN2O. The molecule has 3 rings (SSSR count). The Bertz CT molecular complexity index is 814. The van der Waals surface area contributed by atoms with E-state index in [0.717, 1.165) is 36.0 Å². The molecule has 2 N–H and O–H groups in total. The smallest absolute Gasteiger partial charge is 0.132 e. The summed E-state index contributed by atoms with van der Waals surface area (Å²) < 4.78 is 14.1. The van der Waals surface area contributed by atoms with Crippen LogP contribution < -0.4 is 5.32 Å². The van der Waals surface area contributed by atoms with E-state index in [2.05, 4.69) is 10.3 Å². The van der Waals surface area contributed by atoms with Crippen molar-refractivity contribution >= 4 is 50.6 Å². The molecule has 0 bridgehead atoms. The molecule has 0 aliphatic heterocycles. The first-order valence-electron chi connectivity index (χ1n) is 7.79. The number of para-hydroxylation sites is 1. The van der Waals surface area contributed by atoms with Gasteiger partial charge >= 0.3 is 0 Å². The number of halogens is 3. The fraction of sp³-hybridized carbons (Fsp3) is 0.211. The van der Waals surface area contributed by atoms with Crippen LogP contribution in [0, 0.1) is 5.82 Å². The molecule has 1 heterocycles. The maximum atomic E-state index is 14.1. The Hall–Kier alpha value is -1.50. The zero-order chi connectivity index (χ0) is 16.1. The van der Waals surface area contributed by atoms with Crippen LogP contribution in [0.1, 0.15) is 12.8 Å². The van der Waals surface area contributed by atoms with E-state index in [-0.39, 0.29) is 46.4 Å². The number of nitrogens with one attached hydrogen (secondary N) is 1. The highest BCUT2D eigenvalue weighted by molar-refractivity contribution is 8.93. The fourth-order valence-corrected chi connectivity index (χ4v) is 2.59. The van der Waals surface area contributed by atoms with Gasteiger partial charge in [-0.25, -0.2) is 9.37 Å². The lowest BCUT2D eigenvalue weighted by Gasteiger charge is -2.12. The molecule has 1 aromatic heterocycles. The lowest BCUT2D eigenvalue weighted by Crippen LogP contribution is -2.04. The number of rotatable bonds is 6. The zero-order valence-electron chi connectivity index (χ0n) is 13.6. The SMILES string of the molecule is Br.Br.OCCCCNc1cc(-c2ccccc2F)nc2ccccc12. The quantitative estimate of drug-likeness (QED) is 0.474. The molecule has 0 radical (unpaired) electrons. The van der Waals surface area contributed by atoms with Crippen molar-refractivity contribution in [1.29, 1.82) is 0 Å². The molecule has 0 spiro atoms. The first-order chi connectivity index (χ1) is 11.3. The molecule has 25 heavy (non-hydrogen) atoms. The van der Waals surface area contributed by atoms with Gasteiger partial charge in [0, 0.05) is 29.8 Å². The van der Waals surface area contributed by atoms with Gasteiger partial charge in [-0.2, -0.15) is 0 Å². The number of pyridine rings is 1. The summed E-state index contributed by atoms with van der Waals surface area (Å²) in [5, 5.41) is 13.3. The van der Waals surface area contributed by atoms with Gasteiger partial charge in [0.05, 0.1) is 11.2 Å². The number of anilines is 1. The topological polar surface area (TPSA) is 45.1 Å². The first-order valence-corrected chi connectivity index (χ1v) is 7.79. The minimum atomic E-state index is -0.276. The minimum Gasteiger partial charge on any atom is -0.396 e. The maximum absolute atomic E-state index is 14.1. The molecular weight excluding hydrogens is 451 g/mol. The average Bonchev–Trinajstić information content (AvgIpc) is 2.59. The van der Waals surface area contributed by atoms with Crippen LogP contribution in [0.3, 0.4) is 0 Å². The summed E-state index contributed by atoms with van der Waals surface area (Å²) in [6.07, 6.45) is 1.64. The van der Waals surface area contributed by atoms with Crippen LogP contribution in [0.25, 0.3) is 22.2 Å². The largest absolute Gasteiger partial charge is 0.396 e. The summed E-state index contributed by atoms with van der Waals surface area (Å²) in [6, 6.07) is 16.4. The van der Waals surface area contributed by atoms with Crippen LogP contribution in [0.15, 0.2) is 54.6 Å². The predicted octanol–water partition coefficient (Wildman–Crippen LogP) is 5.38. The van der Waals surface area contributed by atoms with Gasteiger partial charge < -0.3 is 10.4 Å². The van der Waals surface area contributed by atoms with Crippen molar-refractivity contribution in [2.75, 3.05) is 18.5 Å². The van der Waals surface area contributed by atoms with Crippen LogP contribution >= 0.6 is 34.0 Å². The third-order valence-electron chi connectivity index (χ3n) is 3.77. The van der Waals surface area contributed by atoms with Gasteiger partial charge in [-0.15, -0.1) is 34.0 Å². The number of fused-ring (bicyclic) bond motifs is 1. The van der Waals surface area contributed by atoms with Crippen molar-refractivity contribution in [3.8, 4) is 11.3 Å². The molecule has 0 saturated carbocycles. The molecule has 134 valence electrons. The summed E-state index contributed by atoms with van der Waals surface area (Å²) >= 11 is 0. The van der Waals surface area contributed by atoms with Gasteiger partial charge in [-0.1, -0.05) is 30.3 Å². The van der Waals surface area contributed by atoms with Gasteiger partial charge in [0.2, 0.25) is 0 Å². The van der Waals surface area contributed by atoms with E-state index in [1.807, 2.05) is 36.4 Å². The second kappa shape index (κ2) is 10.5. The molecule has 6 heteroatoms. The van der Waals surface area contributed by atoms with Crippen LogP contribution in [0.4, 0.5) is 10.1 Å². The van der Waals surface area contributed by atoms with Crippen molar-refractivity contribution in [2.24, 2.45) is 0 Å². The van der Waals surface area contributed by atoms with Crippen LogP contribution in [-0.2, 0) is 0 Å². The number of hydrogen-bond acceptors (Lipinski definition) is 3. The Morgan fingerprint density at radius 2 is 1.68 bits per heavy atom. The highest BCUT2D eigenvalue weighted by Gasteiger charge is 2.10. The zero-order valence-corrected chi connectivity index (χ0v) is 17.0. The van der Waals surface area contributed by atoms with E-state index >= 15 is 0 Å². The van der Waals surface area contributed by atoms with Crippen LogP contribution in [-0.4, -0.2) is 23.2 Å². The van der Waals surface area contributed by atoms with Gasteiger partial charge in [0.1, 0.15) is 5.82 Å². The van der Waals surface area contributed by atoms with E-state index in [0.29, 0.717) is 11.3 Å². The highest BCUT2D eigenvalue weighted by Crippen LogP contribution is 2.29. The van der Waals surface area contributed by atoms with Crippen molar-refractivity contribution < 1.29 is 9.50 Å². The molecule has 3 aromatic rings. The number of aliphatic hydroxyl groups excluding tert-OH is 1. The first kappa shape index (κ1) is 21.5. The Morgan fingerprint density at radius 3 is 2.44 bits per heavy atom. The van der Waals surface area contributed by atoms with Crippen molar-refractivity contribution in [2.45, 2.75) is 12.8 Å². The molecule has 3 nitrogen and oxygen atoms in total. The van der Waals surface area contributed by atoms with E-state index in [4.69, 9.17) is 5.11 Å². The minimum absolute atomic E-state index is 0. The van der Waals surface area contributed by atoms with Gasteiger partial charge in [0.25, 0.3) is 0 Å². The number of aromatic nitrogens is 1. The third-order valence-corrected chi connectivity index (χ3v) is 3.77. The van der Waals surface area contributed by atoms with Gasteiger partial charge in [-0.3, -0.25) is 0 Å². The van der Waals surface area contributed by atoms with Crippen LogP contribution in [0.5, 0.6) is 0 Å². The molecule has 0 aliphatic carbocycles. The fourth-order valence-electron chi connectivity index (χ4n) is 2.59. The summed E-state index contributed by atoms with van der Waals surface area (Å²) in [7, 11) is 0. The summed E-state index contributed by atoms with van der Waals surface area (Å²) in [5.74, 6) is -0.276. The van der Waals surface area contributed by atoms with E-state index < -0.39 is 0 Å². The lowest BCUT2D eigenvalue weighted by molar-refractivity contribution is 0.286. The number of benzene rings is 2. The Labute approximate surface area is 167 Å². The standard InChI is InChI=1S/C19H19FN2O.2BrH/c20-16-9-3-1-7-14(16)19-13-18(21-11-5-6-12-23)15-8-2-4-10-17(15)22-19;;/h1-4,7-10,13,23H,5-6,11-12H2,(H,21,22);2*1H. The van der Waals surface area contributed by atoms with Crippen LogP contribution in [0.2, 0.25) is 0 Å². The number of nitrogens with zero attached hydrogens (tertiary/aromatic N) is 1. The molecule has 0 atom stereocenters. The Morgan fingerprint density at radius 1 is 0.960 bits per heavy atom. The monoisotopic (exact) mass is 470 g/mol. The lowest BCUT2D eigenvalue weighted by atomic mass is 10.1. The Balaban J connectivity index is 0.00000156. The molecule has 2 aromatic carbocycles. The van der Waals surface area contributed by atoms with E-state index in [1.165, 1.54) is 6.07 Å². The summed E-state index contributed by atoms with van der Waals surface area (Å²) in [5.41, 5.74) is 2.88. The van der Waals surface area contributed by atoms with E-state index in [9.17, 15) is 4.39 Å². The van der Waals surface area contributed by atoms with Gasteiger partial charge in [-0.05, 0) is 37.1 Å². The molecule has 0 aliphatic rings. The maximum Gasteiger partial charge on any atom is 0.132 e. The molecule has 0 unspecified atom stereocenters. The van der Waals surface area contributed by atoms with Crippen molar-refractivity contribution in [3.63, 3.8) is 0 Å². The Kier molecular flexibility index (Phi) is 9.03. The van der Waals surface area contributed by atoms with E-state index in [1.54, 1.807) is 12.1 Å². The number of aliphatic hydroxyl groups is 1. The molecule has 0 fully saturated rings. The third kappa shape index (κ3) is 5.23. The number of hydrogen-bond donors (Lipinski definition) is 2. The predicted molar refractivity (Wildman–Crippen MR) is 113 cm³/mol. The summed E-state index contributed by atoms with van der Waals surface area (Å²) in [4.78, 5) is 4.59. The second-order valence-corrected chi connectivity index (χ2v) is 5.41. The van der Waals surface area contributed by atoms with Crippen molar-refractivity contribution in [1.82, 2.24) is 4.98 Å². The van der Waals surface area contributed by atoms with Crippen molar-refractivity contribution in [3.05, 3.63) is 60.4 Å². The number of unbranched alkanes of at least 4 members (excludes halogenated alkanes) is 1. The average molecular weight is 472 g/mol. The normalized spacial score (nSPS) is 10.0. The summed E-state index contributed by atoms with van der Waals surface area (Å²) in [6.45, 7) is 0.949. The molecule has 0 amide bonds. The molecule has 0 saturated heterocycles.